The second kappa shape index (κ2) is 4.93. The molecule has 106 valence electrons. The van der Waals surface area contributed by atoms with Crippen molar-refractivity contribution in [3.63, 3.8) is 0 Å². The van der Waals surface area contributed by atoms with Crippen LogP contribution in [0.1, 0.15) is 43.0 Å². The van der Waals surface area contributed by atoms with Gasteiger partial charge in [-0.1, -0.05) is 25.0 Å². The molecule has 20 heavy (non-hydrogen) atoms. The van der Waals surface area contributed by atoms with Gasteiger partial charge in [0.1, 0.15) is 23.2 Å². The van der Waals surface area contributed by atoms with Crippen molar-refractivity contribution >= 4 is 5.82 Å². The molecule has 3 nitrogen and oxygen atoms in total. The zero-order chi connectivity index (χ0) is 14.3. The normalized spacial score (nSPS) is 15.9. The van der Waals surface area contributed by atoms with E-state index >= 15 is 0 Å². The number of nitrogen functional groups attached to an aromatic ring is 1. The second-order valence-electron chi connectivity index (χ2n) is 5.71. The minimum atomic E-state index is -0.213. The summed E-state index contributed by atoms with van der Waals surface area (Å²) < 4.78 is 15.7. The van der Waals surface area contributed by atoms with E-state index in [9.17, 15) is 4.39 Å². The lowest BCUT2D eigenvalue weighted by Gasteiger charge is -2.08. The third kappa shape index (κ3) is 2.09. The minimum Gasteiger partial charge on any atom is -0.383 e. The quantitative estimate of drug-likeness (QED) is 0.905. The summed E-state index contributed by atoms with van der Waals surface area (Å²) >= 11 is 0. The molecule has 0 amide bonds. The van der Waals surface area contributed by atoms with E-state index in [0.29, 0.717) is 23.0 Å². The SMILES string of the molecule is Cc1ccc(-c2nc(C3CCCC3)n(C)c2N)cc1F. The second-order valence-corrected chi connectivity index (χ2v) is 5.71. The number of rotatable bonds is 2. The van der Waals surface area contributed by atoms with Gasteiger partial charge in [-0.3, -0.25) is 0 Å². The molecule has 0 aliphatic heterocycles. The van der Waals surface area contributed by atoms with Crippen LogP contribution in [-0.2, 0) is 7.05 Å². The van der Waals surface area contributed by atoms with E-state index < -0.39 is 0 Å². The van der Waals surface area contributed by atoms with Crippen molar-refractivity contribution in [2.75, 3.05) is 5.73 Å². The van der Waals surface area contributed by atoms with E-state index in [1.54, 1.807) is 13.0 Å². The highest BCUT2D eigenvalue weighted by Gasteiger charge is 2.24. The van der Waals surface area contributed by atoms with Crippen LogP contribution in [0.5, 0.6) is 0 Å². The highest BCUT2D eigenvalue weighted by molar-refractivity contribution is 5.71. The number of hydrogen-bond acceptors (Lipinski definition) is 2. The Balaban J connectivity index is 2.05. The molecule has 3 rings (SSSR count). The third-order valence-corrected chi connectivity index (χ3v) is 4.34. The topological polar surface area (TPSA) is 43.8 Å². The number of aromatic nitrogens is 2. The Labute approximate surface area is 118 Å². The van der Waals surface area contributed by atoms with Crippen LogP contribution in [0.4, 0.5) is 10.2 Å². The van der Waals surface area contributed by atoms with Crippen molar-refractivity contribution in [2.45, 2.75) is 38.5 Å². The summed E-state index contributed by atoms with van der Waals surface area (Å²) in [5.41, 5.74) is 8.26. The summed E-state index contributed by atoms with van der Waals surface area (Å²) in [5.74, 6) is 1.94. The third-order valence-electron chi connectivity index (χ3n) is 4.34. The van der Waals surface area contributed by atoms with Crippen LogP contribution in [0.2, 0.25) is 0 Å². The molecular formula is C16H20FN3. The fourth-order valence-electron chi connectivity index (χ4n) is 3.03. The van der Waals surface area contributed by atoms with Gasteiger partial charge in [0.05, 0.1) is 0 Å². The van der Waals surface area contributed by atoms with Crippen molar-refractivity contribution in [3.05, 3.63) is 35.4 Å². The van der Waals surface area contributed by atoms with Crippen LogP contribution in [0.3, 0.4) is 0 Å². The fourth-order valence-corrected chi connectivity index (χ4v) is 3.03. The summed E-state index contributed by atoms with van der Waals surface area (Å²) in [5, 5.41) is 0. The first-order valence-corrected chi connectivity index (χ1v) is 7.16. The fraction of sp³-hybridized carbons (Fsp3) is 0.438. The molecule has 0 unspecified atom stereocenters. The highest BCUT2D eigenvalue weighted by Crippen LogP contribution is 2.37. The average Bonchev–Trinajstić information content (AvgIpc) is 3.04. The number of nitrogens with zero attached hydrogens (tertiary/aromatic N) is 2. The molecule has 0 spiro atoms. The first-order chi connectivity index (χ1) is 9.58. The predicted octanol–water partition coefficient (Wildman–Crippen LogP) is 3.77. The first-order valence-electron chi connectivity index (χ1n) is 7.16. The van der Waals surface area contributed by atoms with Crippen LogP contribution >= 0.6 is 0 Å². The van der Waals surface area contributed by atoms with Gasteiger partial charge in [-0.05, 0) is 31.4 Å². The predicted molar refractivity (Wildman–Crippen MR) is 79.0 cm³/mol. The van der Waals surface area contributed by atoms with Crippen LogP contribution in [0.15, 0.2) is 18.2 Å². The lowest BCUT2D eigenvalue weighted by Crippen LogP contribution is -2.05. The molecule has 1 heterocycles. The Hall–Kier alpha value is -1.84. The van der Waals surface area contributed by atoms with Gasteiger partial charge in [0.2, 0.25) is 0 Å². The van der Waals surface area contributed by atoms with E-state index in [0.717, 1.165) is 11.4 Å². The maximum atomic E-state index is 13.7. The van der Waals surface area contributed by atoms with Gasteiger partial charge in [0.25, 0.3) is 0 Å². The molecule has 0 radical (unpaired) electrons. The maximum absolute atomic E-state index is 13.7. The molecule has 2 aromatic rings. The first kappa shape index (κ1) is 13.2. The summed E-state index contributed by atoms with van der Waals surface area (Å²) in [7, 11) is 1.95. The lowest BCUT2D eigenvalue weighted by atomic mass is 10.1. The molecule has 4 heteroatoms. The molecule has 1 aromatic heterocycles. The van der Waals surface area contributed by atoms with Crippen molar-refractivity contribution in [2.24, 2.45) is 7.05 Å². The molecule has 0 bridgehead atoms. The lowest BCUT2D eigenvalue weighted by molar-refractivity contribution is 0.619. The van der Waals surface area contributed by atoms with E-state index in [1.807, 2.05) is 17.7 Å². The minimum absolute atomic E-state index is 0.213. The van der Waals surface area contributed by atoms with E-state index in [4.69, 9.17) is 10.7 Å². The smallest absolute Gasteiger partial charge is 0.131 e. The van der Waals surface area contributed by atoms with Gasteiger partial charge in [-0.15, -0.1) is 0 Å². The summed E-state index contributed by atoms with van der Waals surface area (Å²) in [4.78, 5) is 4.70. The average molecular weight is 273 g/mol. The molecular weight excluding hydrogens is 253 g/mol. The summed E-state index contributed by atoms with van der Waals surface area (Å²) in [6, 6.07) is 5.18. The van der Waals surface area contributed by atoms with Crippen LogP contribution in [0, 0.1) is 12.7 Å². The molecule has 1 aliphatic carbocycles. The molecule has 0 atom stereocenters. The van der Waals surface area contributed by atoms with E-state index in [-0.39, 0.29) is 5.82 Å². The largest absolute Gasteiger partial charge is 0.383 e. The standard InChI is InChI=1S/C16H20FN3/c1-10-7-8-12(9-13(10)17)14-15(18)20(2)16(19-14)11-5-3-4-6-11/h7-9,11H,3-6,18H2,1-2H3. The van der Waals surface area contributed by atoms with Crippen molar-refractivity contribution < 1.29 is 4.39 Å². The zero-order valence-electron chi connectivity index (χ0n) is 12.0. The Bertz CT molecular complexity index is 639. The van der Waals surface area contributed by atoms with Gasteiger partial charge in [-0.2, -0.15) is 0 Å². The number of imidazole rings is 1. The number of halogens is 1. The van der Waals surface area contributed by atoms with E-state index in [2.05, 4.69) is 0 Å². The van der Waals surface area contributed by atoms with Crippen LogP contribution in [0.25, 0.3) is 11.3 Å². The van der Waals surface area contributed by atoms with Gasteiger partial charge in [-0.25, -0.2) is 9.37 Å². The summed E-state index contributed by atoms with van der Waals surface area (Å²) in [6.07, 6.45) is 4.86. The molecule has 1 aliphatic rings. The number of benzene rings is 1. The van der Waals surface area contributed by atoms with Gasteiger partial charge in [0, 0.05) is 18.5 Å². The zero-order valence-corrected chi connectivity index (χ0v) is 12.0. The molecule has 1 aromatic carbocycles. The van der Waals surface area contributed by atoms with Crippen LogP contribution in [-0.4, -0.2) is 9.55 Å². The molecule has 1 saturated carbocycles. The molecule has 2 N–H and O–H groups in total. The number of aryl methyl sites for hydroxylation is 1. The Morgan fingerprint density at radius 3 is 2.65 bits per heavy atom. The molecule has 1 fully saturated rings. The van der Waals surface area contributed by atoms with Crippen molar-refractivity contribution in [1.29, 1.82) is 0 Å². The molecule has 0 saturated heterocycles. The summed E-state index contributed by atoms with van der Waals surface area (Å²) in [6.45, 7) is 1.75. The highest BCUT2D eigenvalue weighted by atomic mass is 19.1. The monoisotopic (exact) mass is 273 g/mol. The van der Waals surface area contributed by atoms with Gasteiger partial charge in [0.15, 0.2) is 0 Å². The maximum Gasteiger partial charge on any atom is 0.131 e. The Morgan fingerprint density at radius 1 is 1.30 bits per heavy atom. The van der Waals surface area contributed by atoms with Crippen LogP contribution < -0.4 is 5.73 Å². The Kier molecular flexibility index (Phi) is 3.24. The number of nitrogens with two attached hydrogens (primary N) is 1. The van der Waals surface area contributed by atoms with Gasteiger partial charge < -0.3 is 10.3 Å². The van der Waals surface area contributed by atoms with E-state index in [1.165, 1.54) is 31.7 Å². The van der Waals surface area contributed by atoms with Gasteiger partial charge >= 0.3 is 0 Å². The Morgan fingerprint density at radius 2 is 2.00 bits per heavy atom. The number of anilines is 1. The number of hydrogen-bond donors (Lipinski definition) is 1. The van der Waals surface area contributed by atoms with Crippen molar-refractivity contribution in [3.8, 4) is 11.3 Å². The van der Waals surface area contributed by atoms with Crippen molar-refractivity contribution in [1.82, 2.24) is 9.55 Å².